The number of carbonyl (C=O) groups is 1. The van der Waals surface area contributed by atoms with E-state index in [4.69, 9.17) is 5.11 Å². The molecule has 1 aromatic rings. The van der Waals surface area contributed by atoms with Gasteiger partial charge in [-0.3, -0.25) is 4.79 Å². The average Bonchev–Trinajstić information content (AvgIpc) is 2.69. The molecule has 1 N–H and O–H groups in total. The molecule has 76 valence electrons. The smallest absolute Gasteiger partial charge is 0.305 e. The molecule has 1 fully saturated rings. The maximum absolute atomic E-state index is 10.8. The van der Waals surface area contributed by atoms with Gasteiger partial charge < -0.3 is 5.11 Å². The lowest BCUT2D eigenvalue weighted by Crippen LogP contribution is -2.33. The first kappa shape index (κ1) is 9.18. The molecule has 1 aliphatic rings. The van der Waals surface area contributed by atoms with Gasteiger partial charge in [-0.2, -0.15) is 0 Å². The molecule has 5 heteroatoms. The molecule has 5 nitrogen and oxygen atoms in total. The molecule has 2 rings (SSSR count). The molecule has 1 heterocycles. The number of aromatic nitrogens is 3. The van der Waals surface area contributed by atoms with Crippen LogP contribution in [0, 0.1) is 0 Å². The Balaban J connectivity index is 2.26. The summed E-state index contributed by atoms with van der Waals surface area (Å²) < 4.78 is 1.72. The van der Waals surface area contributed by atoms with Crippen molar-refractivity contribution in [3.05, 3.63) is 12.4 Å². The summed E-state index contributed by atoms with van der Waals surface area (Å²) in [6, 6.07) is 0. The van der Waals surface area contributed by atoms with E-state index in [1.165, 1.54) is 0 Å². The Morgan fingerprint density at radius 1 is 1.50 bits per heavy atom. The van der Waals surface area contributed by atoms with Crippen molar-refractivity contribution in [2.24, 2.45) is 0 Å². The molecule has 1 aromatic heterocycles. The molecule has 0 spiro atoms. The molecule has 0 atom stereocenters. The van der Waals surface area contributed by atoms with E-state index < -0.39 is 5.97 Å². The number of carboxylic acids is 1. The van der Waals surface area contributed by atoms with Gasteiger partial charge in [0.2, 0.25) is 0 Å². The first-order valence-corrected chi connectivity index (χ1v) is 4.82. The standard InChI is InChI=1S/C9H13N3O2/c13-8(14)7-9(3-1-2-4-9)12-6-5-10-11-12/h5-6H,1-4,7H2,(H,13,14). The highest BCUT2D eigenvalue weighted by atomic mass is 16.4. The molecule has 0 amide bonds. The average molecular weight is 195 g/mol. The minimum absolute atomic E-state index is 0.149. The molecular formula is C9H13N3O2. The van der Waals surface area contributed by atoms with Crippen LogP contribution in [-0.2, 0) is 10.3 Å². The zero-order valence-electron chi connectivity index (χ0n) is 7.89. The third-order valence-electron chi connectivity index (χ3n) is 2.92. The third kappa shape index (κ3) is 1.49. The summed E-state index contributed by atoms with van der Waals surface area (Å²) >= 11 is 0. The van der Waals surface area contributed by atoms with Gasteiger partial charge in [0.15, 0.2) is 0 Å². The zero-order valence-corrected chi connectivity index (χ0v) is 7.89. The Bertz CT molecular complexity index is 315. The minimum atomic E-state index is -0.762. The van der Waals surface area contributed by atoms with Gasteiger partial charge in [-0.25, -0.2) is 4.68 Å². The maximum Gasteiger partial charge on any atom is 0.305 e. The van der Waals surface area contributed by atoms with Gasteiger partial charge in [-0.1, -0.05) is 18.1 Å². The van der Waals surface area contributed by atoms with Crippen LogP contribution in [0.3, 0.4) is 0 Å². The fourth-order valence-corrected chi connectivity index (χ4v) is 2.26. The first-order valence-electron chi connectivity index (χ1n) is 4.82. The number of carboxylic acid groups (broad SMARTS) is 1. The molecule has 1 saturated carbocycles. The Morgan fingerprint density at radius 2 is 2.21 bits per heavy atom. The van der Waals surface area contributed by atoms with E-state index in [0.717, 1.165) is 25.7 Å². The number of rotatable bonds is 3. The van der Waals surface area contributed by atoms with Crippen LogP contribution < -0.4 is 0 Å². The fourth-order valence-electron chi connectivity index (χ4n) is 2.26. The van der Waals surface area contributed by atoms with Crippen LogP contribution in [0.5, 0.6) is 0 Å². The van der Waals surface area contributed by atoms with Crippen molar-refractivity contribution in [3.63, 3.8) is 0 Å². The van der Waals surface area contributed by atoms with Crippen LogP contribution in [0.4, 0.5) is 0 Å². The molecule has 0 aliphatic heterocycles. The molecule has 0 unspecified atom stereocenters. The number of nitrogens with zero attached hydrogens (tertiary/aromatic N) is 3. The van der Waals surface area contributed by atoms with Crippen molar-refractivity contribution in [2.75, 3.05) is 0 Å². The van der Waals surface area contributed by atoms with Crippen LogP contribution in [0.15, 0.2) is 12.4 Å². The number of aliphatic carboxylic acids is 1. The van der Waals surface area contributed by atoms with Gasteiger partial charge in [0.1, 0.15) is 0 Å². The molecule has 0 aromatic carbocycles. The van der Waals surface area contributed by atoms with Crippen molar-refractivity contribution < 1.29 is 9.90 Å². The Morgan fingerprint density at radius 3 is 2.71 bits per heavy atom. The van der Waals surface area contributed by atoms with Crippen LogP contribution in [0.1, 0.15) is 32.1 Å². The quantitative estimate of drug-likeness (QED) is 0.781. The van der Waals surface area contributed by atoms with E-state index >= 15 is 0 Å². The van der Waals surface area contributed by atoms with Gasteiger partial charge in [0.05, 0.1) is 18.2 Å². The summed E-state index contributed by atoms with van der Waals surface area (Å²) in [7, 11) is 0. The van der Waals surface area contributed by atoms with Crippen LogP contribution in [0.25, 0.3) is 0 Å². The van der Waals surface area contributed by atoms with Crippen LogP contribution in [-0.4, -0.2) is 26.1 Å². The maximum atomic E-state index is 10.8. The van der Waals surface area contributed by atoms with E-state index in [1.54, 1.807) is 17.1 Å². The van der Waals surface area contributed by atoms with E-state index in [-0.39, 0.29) is 12.0 Å². The van der Waals surface area contributed by atoms with E-state index in [9.17, 15) is 4.79 Å². The largest absolute Gasteiger partial charge is 0.481 e. The number of hydrogen-bond acceptors (Lipinski definition) is 3. The predicted molar refractivity (Wildman–Crippen MR) is 48.7 cm³/mol. The second-order valence-corrected chi connectivity index (χ2v) is 3.85. The summed E-state index contributed by atoms with van der Waals surface area (Å²) in [5.41, 5.74) is -0.317. The summed E-state index contributed by atoms with van der Waals surface area (Å²) in [4.78, 5) is 10.8. The monoisotopic (exact) mass is 195 g/mol. The number of hydrogen-bond donors (Lipinski definition) is 1. The summed E-state index contributed by atoms with van der Waals surface area (Å²) in [6.45, 7) is 0. The van der Waals surface area contributed by atoms with Crippen molar-refractivity contribution in [2.45, 2.75) is 37.6 Å². The lowest BCUT2D eigenvalue weighted by Gasteiger charge is -2.26. The molecule has 0 saturated heterocycles. The predicted octanol–water partition coefficient (Wildman–Crippen LogP) is 1.02. The highest BCUT2D eigenvalue weighted by Crippen LogP contribution is 2.38. The van der Waals surface area contributed by atoms with E-state index in [0.29, 0.717) is 0 Å². The van der Waals surface area contributed by atoms with E-state index in [2.05, 4.69) is 10.3 Å². The topological polar surface area (TPSA) is 68.0 Å². The Hall–Kier alpha value is -1.39. The molecule has 0 bridgehead atoms. The van der Waals surface area contributed by atoms with Crippen LogP contribution in [0.2, 0.25) is 0 Å². The summed E-state index contributed by atoms with van der Waals surface area (Å²) in [6.07, 6.45) is 7.44. The minimum Gasteiger partial charge on any atom is -0.481 e. The SMILES string of the molecule is O=C(O)CC1(n2ccnn2)CCCC1. The van der Waals surface area contributed by atoms with Crippen molar-refractivity contribution in [1.29, 1.82) is 0 Å². The molecule has 1 aliphatic carbocycles. The fraction of sp³-hybridized carbons (Fsp3) is 0.667. The molecule has 0 radical (unpaired) electrons. The van der Waals surface area contributed by atoms with Gasteiger partial charge in [0, 0.05) is 6.20 Å². The van der Waals surface area contributed by atoms with Crippen molar-refractivity contribution >= 4 is 5.97 Å². The van der Waals surface area contributed by atoms with Gasteiger partial charge in [-0.05, 0) is 12.8 Å². The summed E-state index contributed by atoms with van der Waals surface area (Å²) in [5, 5.41) is 16.5. The highest BCUT2D eigenvalue weighted by molar-refractivity contribution is 5.68. The lowest BCUT2D eigenvalue weighted by molar-refractivity contribution is -0.139. The van der Waals surface area contributed by atoms with E-state index in [1.807, 2.05) is 0 Å². The Labute approximate surface area is 81.7 Å². The summed E-state index contributed by atoms with van der Waals surface area (Å²) in [5.74, 6) is -0.762. The Kier molecular flexibility index (Phi) is 2.23. The van der Waals surface area contributed by atoms with Crippen molar-refractivity contribution in [3.8, 4) is 0 Å². The third-order valence-corrected chi connectivity index (χ3v) is 2.92. The first-order chi connectivity index (χ1) is 6.73. The lowest BCUT2D eigenvalue weighted by atomic mass is 9.93. The van der Waals surface area contributed by atoms with Gasteiger partial charge in [0.25, 0.3) is 0 Å². The highest BCUT2D eigenvalue weighted by Gasteiger charge is 2.38. The van der Waals surface area contributed by atoms with Crippen LogP contribution >= 0.6 is 0 Å². The second kappa shape index (κ2) is 3.40. The van der Waals surface area contributed by atoms with Gasteiger partial charge in [-0.15, -0.1) is 5.10 Å². The molecular weight excluding hydrogens is 182 g/mol. The molecule has 14 heavy (non-hydrogen) atoms. The van der Waals surface area contributed by atoms with Crippen molar-refractivity contribution in [1.82, 2.24) is 15.0 Å². The normalized spacial score (nSPS) is 19.7. The zero-order chi connectivity index (χ0) is 10.0. The van der Waals surface area contributed by atoms with Gasteiger partial charge >= 0.3 is 5.97 Å². The second-order valence-electron chi connectivity index (χ2n) is 3.85.